The zero-order chi connectivity index (χ0) is 21.6. The molecule has 1 amide bonds. The molecule has 2 atom stereocenters. The summed E-state index contributed by atoms with van der Waals surface area (Å²) in [6, 6.07) is 25.8. The molecule has 0 aliphatic carbocycles. The molecular formula is C26H26ClN3O. The fourth-order valence-corrected chi connectivity index (χ4v) is 4.04. The van der Waals surface area contributed by atoms with Gasteiger partial charge < -0.3 is 10.3 Å². The Morgan fingerprint density at radius 1 is 0.968 bits per heavy atom. The number of aromatic amines is 1. The van der Waals surface area contributed by atoms with Crippen molar-refractivity contribution in [2.24, 2.45) is 0 Å². The van der Waals surface area contributed by atoms with Gasteiger partial charge in [-0.15, -0.1) is 0 Å². The van der Waals surface area contributed by atoms with Gasteiger partial charge in [0.25, 0.3) is 0 Å². The molecule has 0 bridgehead atoms. The average molecular weight is 432 g/mol. The fraction of sp³-hybridized carbons (Fsp3) is 0.192. The molecule has 4 nitrogen and oxygen atoms in total. The van der Waals surface area contributed by atoms with E-state index < -0.39 is 6.04 Å². The first-order valence-electron chi connectivity index (χ1n) is 10.5. The summed E-state index contributed by atoms with van der Waals surface area (Å²) in [4.78, 5) is 16.0. The number of carbonyl (C=O) groups is 1. The second kappa shape index (κ2) is 9.82. The van der Waals surface area contributed by atoms with Crippen molar-refractivity contribution in [3.05, 3.63) is 107 Å². The summed E-state index contributed by atoms with van der Waals surface area (Å²) in [6.07, 6.45) is 3.66. The number of fused-ring (bicyclic) bond motifs is 1. The van der Waals surface area contributed by atoms with Crippen LogP contribution in [0.5, 0.6) is 0 Å². The highest BCUT2D eigenvalue weighted by atomic mass is 35.5. The van der Waals surface area contributed by atoms with Crippen molar-refractivity contribution in [3.63, 3.8) is 0 Å². The molecule has 0 aliphatic rings. The largest absolute Gasteiger partial charge is 0.361 e. The van der Waals surface area contributed by atoms with Crippen LogP contribution in [-0.2, 0) is 11.2 Å². The molecule has 0 saturated carbocycles. The number of hydrogen-bond acceptors (Lipinski definition) is 2. The van der Waals surface area contributed by atoms with Crippen molar-refractivity contribution in [1.29, 1.82) is 0 Å². The van der Waals surface area contributed by atoms with Crippen molar-refractivity contribution < 1.29 is 4.79 Å². The topological polar surface area (TPSA) is 56.9 Å². The van der Waals surface area contributed by atoms with Gasteiger partial charge in [0, 0.05) is 29.8 Å². The maximum absolute atomic E-state index is 12.8. The molecular weight excluding hydrogens is 406 g/mol. The van der Waals surface area contributed by atoms with E-state index in [1.54, 1.807) is 7.05 Å². The molecule has 3 N–H and O–H groups in total. The summed E-state index contributed by atoms with van der Waals surface area (Å²) >= 11 is 6.04. The minimum Gasteiger partial charge on any atom is -0.361 e. The highest BCUT2D eigenvalue weighted by molar-refractivity contribution is 6.30. The van der Waals surface area contributed by atoms with Crippen LogP contribution in [0.15, 0.2) is 85.1 Å². The van der Waals surface area contributed by atoms with Crippen LogP contribution < -0.4 is 10.6 Å². The number of likely N-dealkylation sites (N-methyl/N-ethyl adjacent to an activating group) is 1. The highest BCUT2D eigenvalue weighted by Gasteiger charge is 2.24. The van der Waals surface area contributed by atoms with Gasteiger partial charge in [0.05, 0.1) is 0 Å². The number of benzene rings is 3. The number of amides is 1. The van der Waals surface area contributed by atoms with Crippen LogP contribution in [0.4, 0.5) is 0 Å². The Labute approximate surface area is 187 Å². The minimum absolute atomic E-state index is 0.00233. The van der Waals surface area contributed by atoms with Gasteiger partial charge in [0.15, 0.2) is 0 Å². The Balaban J connectivity index is 1.64. The Morgan fingerprint density at radius 2 is 1.74 bits per heavy atom. The standard InChI is InChI=1S/C26H26ClN3O/c1-28-26(31)25(19-5-3-2-4-6-19)30-24(13-9-18-7-11-22(27)12-8-18)20-10-14-23-21(17-20)15-16-29-23/h2-8,10-12,14-17,24-25,29-30H,9,13H2,1H3,(H,28,31). The number of hydrogen-bond donors (Lipinski definition) is 3. The zero-order valence-electron chi connectivity index (χ0n) is 17.4. The lowest BCUT2D eigenvalue weighted by molar-refractivity contribution is -0.123. The van der Waals surface area contributed by atoms with Gasteiger partial charge in [-0.05, 0) is 65.3 Å². The lowest BCUT2D eigenvalue weighted by Crippen LogP contribution is -2.38. The van der Waals surface area contributed by atoms with Gasteiger partial charge >= 0.3 is 0 Å². The third kappa shape index (κ3) is 5.16. The zero-order valence-corrected chi connectivity index (χ0v) is 18.2. The Hall–Kier alpha value is -3.08. The van der Waals surface area contributed by atoms with Crippen LogP contribution in [0, 0.1) is 0 Å². The predicted octanol–water partition coefficient (Wildman–Crippen LogP) is 5.57. The summed E-state index contributed by atoms with van der Waals surface area (Å²) < 4.78 is 0. The van der Waals surface area contributed by atoms with Crippen molar-refractivity contribution in [2.45, 2.75) is 24.9 Å². The Morgan fingerprint density at radius 3 is 2.48 bits per heavy atom. The number of halogens is 1. The predicted molar refractivity (Wildman–Crippen MR) is 127 cm³/mol. The number of aryl methyl sites for hydroxylation is 1. The monoisotopic (exact) mass is 431 g/mol. The molecule has 31 heavy (non-hydrogen) atoms. The van der Waals surface area contributed by atoms with Gasteiger partial charge in [-0.1, -0.05) is 60.1 Å². The molecule has 1 heterocycles. The SMILES string of the molecule is CNC(=O)C(NC(CCc1ccc(Cl)cc1)c1ccc2[nH]ccc2c1)c1ccccc1. The van der Waals surface area contributed by atoms with Crippen molar-refractivity contribution >= 4 is 28.4 Å². The molecule has 4 aromatic rings. The second-order valence-corrected chi connectivity index (χ2v) is 8.10. The summed E-state index contributed by atoms with van der Waals surface area (Å²) in [5, 5.41) is 8.33. The lowest BCUT2D eigenvalue weighted by Gasteiger charge is -2.26. The molecule has 5 heteroatoms. The number of aromatic nitrogens is 1. The van der Waals surface area contributed by atoms with Gasteiger partial charge in [-0.25, -0.2) is 0 Å². The second-order valence-electron chi connectivity index (χ2n) is 7.67. The average Bonchev–Trinajstić information content (AvgIpc) is 3.28. The van der Waals surface area contributed by atoms with Crippen molar-refractivity contribution in [2.75, 3.05) is 7.05 Å². The minimum atomic E-state index is -0.441. The van der Waals surface area contributed by atoms with E-state index in [1.165, 1.54) is 5.56 Å². The van der Waals surface area contributed by atoms with E-state index in [-0.39, 0.29) is 11.9 Å². The van der Waals surface area contributed by atoms with Gasteiger partial charge in [-0.3, -0.25) is 10.1 Å². The first-order valence-corrected chi connectivity index (χ1v) is 10.9. The van der Waals surface area contributed by atoms with Crippen LogP contribution in [0.2, 0.25) is 5.02 Å². The van der Waals surface area contributed by atoms with E-state index >= 15 is 0 Å². The molecule has 2 unspecified atom stereocenters. The molecule has 0 radical (unpaired) electrons. The third-order valence-corrected chi connectivity index (χ3v) is 5.88. The fourth-order valence-electron chi connectivity index (χ4n) is 3.91. The van der Waals surface area contributed by atoms with E-state index in [0.717, 1.165) is 39.9 Å². The van der Waals surface area contributed by atoms with Crippen molar-refractivity contribution in [1.82, 2.24) is 15.6 Å². The van der Waals surface area contributed by atoms with Crippen LogP contribution in [0.25, 0.3) is 10.9 Å². The lowest BCUT2D eigenvalue weighted by atomic mass is 9.95. The Bertz CT molecular complexity index is 1140. The third-order valence-electron chi connectivity index (χ3n) is 5.62. The molecule has 0 aliphatic heterocycles. The van der Waals surface area contributed by atoms with Crippen LogP contribution in [-0.4, -0.2) is 17.9 Å². The van der Waals surface area contributed by atoms with Crippen LogP contribution >= 0.6 is 11.6 Å². The number of rotatable bonds is 8. The number of H-pyrrole nitrogens is 1. The maximum Gasteiger partial charge on any atom is 0.241 e. The molecule has 3 aromatic carbocycles. The molecule has 1 aromatic heterocycles. The van der Waals surface area contributed by atoms with E-state index in [0.29, 0.717) is 0 Å². The molecule has 0 fully saturated rings. The van der Waals surface area contributed by atoms with Crippen molar-refractivity contribution in [3.8, 4) is 0 Å². The van der Waals surface area contributed by atoms with E-state index in [4.69, 9.17) is 11.6 Å². The van der Waals surface area contributed by atoms with Gasteiger partial charge in [0.1, 0.15) is 6.04 Å². The number of carbonyl (C=O) groups excluding carboxylic acids is 1. The first kappa shape index (κ1) is 21.2. The van der Waals surface area contributed by atoms with Gasteiger partial charge in [-0.2, -0.15) is 0 Å². The van der Waals surface area contributed by atoms with E-state index in [2.05, 4.69) is 52.0 Å². The van der Waals surface area contributed by atoms with E-state index in [1.807, 2.05) is 48.7 Å². The molecule has 0 saturated heterocycles. The highest BCUT2D eigenvalue weighted by Crippen LogP contribution is 2.27. The quantitative estimate of drug-likeness (QED) is 0.341. The molecule has 4 rings (SSSR count). The van der Waals surface area contributed by atoms with Crippen LogP contribution in [0.1, 0.15) is 35.2 Å². The number of nitrogens with one attached hydrogen (secondary N) is 3. The Kier molecular flexibility index (Phi) is 6.70. The summed E-state index contributed by atoms with van der Waals surface area (Å²) in [6.45, 7) is 0. The van der Waals surface area contributed by atoms with Gasteiger partial charge in [0.2, 0.25) is 5.91 Å². The summed E-state index contributed by atoms with van der Waals surface area (Å²) in [7, 11) is 1.68. The smallest absolute Gasteiger partial charge is 0.241 e. The van der Waals surface area contributed by atoms with E-state index in [9.17, 15) is 4.79 Å². The molecule has 158 valence electrons. The maximum atomic E-state index is 12.8. The molecule has 0 spiro atoms. The normalized spacial score (nSPS) is 13.1. The first-order chi connectivity index (χ1) is 15.1. The summed E-state index contributed by atoms with van der Waals surface area (Å²) in [5.41, 5.74) is 4.42. The van der Waals surface area contributed by atoms with Crippen LogP contribution in [0.3, 0.4) is 0 Å². The summed E-state index contributed by atoms with van der Waals surface area (Å²) in [5.74, 6) is -0.0505.